The van der Waals surface area contributed by atoms with Crippen molar-refractivity contribution in [2.45, 2.75) is 18.7 Å². The van der Waals surface area contributed by atoms with Crippen molar-refractivity contribution >= 4 is 23.2 Å². The van der Waals surface area contributed by atoms with Crippen molar-refractivity contribution in [3.8, 4) is 5.75 Å². The first-order chi connectivity index (χ1) is 9.91. The van der Waals surface area contributed by atoms with E-state index in [4.69, 9.17) is 27.9 Å². The van der Waals surface area contributed by atoms with Crippen molar-refractivity contribution in [3.05, 3.63) is 58.4 Å². The number of ether oxygens (including phenoxy) is 1. The van der Waals surface area contributed by atoms with Gasteiger partial charge >= 0.3 is 6.18 Å². The summed E-state index contributed by atoms with van der Waals surface area (Å²) in [6, 6.07) is 5.32. The van der Waals surface area contributed by atoms with Crippen molar-refractivity contribution in [1.82, 2.24) is 4.98 Å². The smallest absolute Gasteiger partial charge is 0.419 e. The Balaban J connectivity index is 2.26. The van der Waals surface area contributed by atoms with Gasteiger partial charge in [0, 0.05) is 23.8 Å². The SMILES string of the molecule is FC(F)(F)c1cc(CCl)ccc1OCc1ccncc1Cl. The molecule has 2 rings (SSSR count). The van der Waals surface area contributed by atoms with E-state index in [2.05, 4.69) is 4.98 Å². The van der Waals surface area contributed by atoms with E-state index in [1.807, 2.05) is 0 Å². The van der Waals surface area contributed by atoms with Gasteiger partial charge in [0.1, 0.15) is 12.4 Å². The molecule has 0 aliphatic heterocycles. The van der Waals surface area contributed by atoms with Crippen LogP contribution in [-0.4, -0.2) is 4.98 Å². The molecule has 0 unspecified atom stereocenters. The normalized spacial score (nSPS) is 11.5. The van der Waals surface area contributed by atoms with Crippen molar-refractivity contribution in [2.24, 2.45) is 0 Å². The summed E-state index contributed by atoms with van der Waals surface area (Å²) in [6.45, 7) is -0.0787. The van der Waals surface area contributed by atoms with Crippen molar-refractivity contribution in [2.75, 3.05) is 0 Å². The van der Waals surface area contributed by atoms with Gasteiger partial charge in [-0.25, -0.2) is 0 Å². The van der Waals surface area contributed by atoms with Gasteiger partial charge in [0.05, 0.1) is 10.6 Å². The molecule has 7 heteroatoms. The maximum atomic E-state index is 13.0. The van der Waals surface area contributed by atoms with E-state index in [1.54, 1.807) is 6.07 Å². The van der Waals surface area contributed by atoms with Crippen LogP contribution in [0.3, 0.4) is 0 Å². The predicted octanol–water partition coefficient (Wildman–Crippen LogP) is 5.07. The van der Waals surface area contributed by atoms with Gasteiger partial charge < -0.3 is 4.74 Å². The third-order valence-electron chi connectivity index (χ3n) is 2.74. The topological polar surface area (TPSA) is 22.1 Å². The highest BCUT2D eigenvalue weighted by atomic mass is 35.5. The molecule has 0 amide bonds. The fourth-order valence-electron chi connectivity index (χ4n) is 1.68. The summed E-state index contributed by atoms with van der Waals surface area (Å²) < 4.78 is 44.3. The number of pyridine rings is 1. The highest BCUT2D eigenvalue weighted by Gasteiger charge is 2.34. The molecule has 1 heterocycles. The van der Waals surface area contributed by atoms with Crippen LogP contribution < -0.4 is 4.74 Å². The van der Waals surface area contributed by atoms with E-state index >= 15 is 0 Å². The lowest BCUT2D eigenvalue weighted by Gasteiger charge is -2.15. The highest BCUT2D eigenvalue weighted by molar-refractivity contribution is 6.31. The first-order valence-electron chi connectivity index (χ1n) is 5.89. The van der Waals surface area contributed by atoms with Crippen LogP contribution in [0.5, 0.6) is 5.75 Å². The van der Waals surface area contributed by atoms with E-state index in [-0.39, 0.29) is 18.2 Å². The Morgan fingerprint density at radius 2 is 1.95 bits per heavy atom. The van der Waals surface area contributed by atoms with Gasteiger partial charge in [0.2, 0.25) is 0 Å². The molecule has 1 aromatic carbocycles. The summed E-state index contributed by atoms with van der Waals surface area (Å²) in [7, 11) is 0. The van der Waals surface area contributed by atoms with Crippen LogP contribution >= 0.6 is 23.2 Å². The van der Waals surface area contributed by atoms with Crippen LogP contribution in [0.1, 0.15) is 16.7 Å². The zero-order valence-electron chi connectivity index (χ0n) is 10.6. The Morgan fingerprint density at radius 3 is 2.57 bits per heavy atom. The number of nitrogens with zero attached hydrogens (tertiary/aromatic N) is 1. The first kappa shape index (κ1) is 15.9. The molecule has 0 spiro atoms. The summed E-state index contributed by atoms with van der Waals surface area (Å²) in [4.78, 5) is 3.80. The van der Waals surface area contributed by atoms with Crippen LogP contribution in [0.4, 0.5) is 13.2 Å². The third kappa shape index (κ3) is 4.02. The lowest BCUT2D eigenvalue weighted by Crippen LogP contribution is -2.09. The maximum Gasteiger partial charge on any atom is 0.419 e. The fourth-order valence-corrected chi connectivity index (χ4v) is 2.02. The molecule has 0 fully saturated rings. The van der Waals surface area contributed by atoms with E-state index < -0.39 is 11.7 Å². The number of benzene rings is 1. The Morgan fingerprint density at radius 1 is 1.19 bits per heavy atom. The van der Waals surface area contributed by atoms with Crippen molar-refractivity contribution in [1.29, 1.82) is 0 Å². The zero-order chi connectivity index (χ0) is 15.5. The van der Waals surface area contributed by atoms with Gasteiger partial charge in [-0.15, -0.1) is 11.6 Å². The molecule has 0 saturated heterocycles. The summed E-state index contributed by atoms with van der Waals surface area (Å²) in [5, 5.41) is 0.337. The summed E-state index contributed by atoms with van der Waals surface area (Å²) in [5.74, 6) is -0.260. The number of aromatic nitrogens is 1. The molecule has 0 radical (unpaired) electrons. The molecule has 0 aliphatic rings. The minimum atomic E-state index is -4.51. The molecule has 2 aromatic rings. The summed E-state index contributed by atoms with van der Waals surface area (Å²) >= 11 is 11.4. The largest absolute Gasteiger partial charge is 0.488 e. The maximum absolute atomic E-state index is 13.0. The number of hydrogen-bond donors (Lipinski definition) is 0. The van der Waals surface area contributed by atoms with E-state index in [0.29, 0.717) is 16.1 Å². The molecule has 0 atom stereocenters. The molecule has 0 bridgehead atoms. The first-order valence-corrected chi connectivity index (χ1v) is 6.80. The van der Waals surface area contributed by atoms with Crippen LogP contribution in [0.15, 0.2) is 36.7 Å². The highest BCUT2D eigenvalue weighted by Crippen LogP contribution is 2.37. The molecule has 0 N–H and O–H groups in total. The standard InChI is InChI=1S/C14H10Cl2F3NO/c15-6-9-1-2-13(11(5-9)14(17,18)19)21-8-10-3-4-20-7-12(10)16/h1-5,7H,6,8H2. The molecule has 2 nitrogen and oxygen atoms in total. The molecule has 112 valence electrons. The van der Waals surface area contributed by atoms with Crippen LogP contribution in [0.25, 0.3) is 0 Å². The average molecular weight is 336 g/mol. The van der Waals surface area contributed by atoms with Gasteiger partial charge in [0.25, 0.3) is 0 Å². The van der Waals surface area contributed by atoms with Gasteiger partial charge in [0.15, 0.2) is 0 Å². The second kappa shape index (κ2) is 6.54. The van der Waals surface area contributed by atoms with E-state index in [1.165, 1.54) is 24.5 Å². The minimum absolute atomic E-state index is 0.000454. The Bertz CT molecular complexity index is 632. The van der Waals surface area contributed by atoms with E-state index in [0.717, 1.165) is 6.07 Å². The van der Waals surface area contributed by atoms with Gasteiger partial charge in [-0.1, -0.05) is 17.7 Å². The molecule has 0 aliphatic carbocycles. The summed E-state index contributed by atoms with van der Waals surface area (Å²) in [6.07, 6.45) is -1.62. The lowest BCUT2D eigenvalue weighted by molar-refractivity contribution is -0.139. The Kier molecular flexibility index (Phi) is 4.96. The Labute approximate surface area is 129 Å². The lowest BCUT2D eigenvalue weighted by atomic mass is 10.1. The molecular weight excluding hydrogens is 326 g/mol. The monoisotopic (exact) mass is 335 g/mol. The van der Waals surface area contributed by atoms with E-state index in [9.17, 15) is 13.2 Å². The fraction of sp³-hybridized carbons (Fsp3) is 0.214. The minimum Gasteiger partial charge on any atom is -0.488 e. The van der Waals surface area contributed by atoms with Crippen LogP contribution in [0.2, 0.25) is 5.02 Å². The Hall–Kier alpha value is -1.46. The second-order valence-corrected chi connectivity index (χ2v) is 4.89. The third-order valence-corrected chi connectivity index (χ3v) is 3.39. The quantitative estimate of drug-likeness (QED) is 0.727. The predicted molar refractivity (Wildman–Crippen MR) is 74.6 cm³/mol. The van der Waals surface area contributed by atoms with Crippen molar-refractivity contribution in [3.63, 3.8) is 0 Å². The number of rotatable bonds is 4. The molecule has 21 heavy (non-hydrogen) atoms. The van der Waals surface area contributed by atoms with Crippen LogP contribution in [-0.2, 0) is 18.7 Å². The average Bonchev–Trinajstić information content (AvgIpc) is 2.45. The summed E-state index contributed by atoms with van der Waals surface area (Å²) in [5.41, 5.74) is 0.0744. The number of hydrogen-bond acceptors (Lipinski definition) is 2. The molecule has 1 aromatic heterocycles. The number of halogens is 5. The van der Waals surface area contributed by atoms with Crippen molar-refractivity contribution < 1.29 is 17.9 Å². The van der Waals surface area contributed by atoms with Gasteiger partial charge in [-0.3, -0.25) is 4.98 Å². The van der Waals surface area contributed by atoms with Crippen LogP contribution in [0, 0.1) is 0 Å². The number of alkyl halides is 4. The van der Waals surface area contributed by atoms with Gasteiger partial charge in [-0.05, 0) is 23.8 Å². The molecule has 0 saturated carbocycles. The van der Waals surface area contributed by atoms with Gasteiger partial charge in [-0.2, -0.15) is 13.2 Å². The second-order valence-electron chi connectivity index (χ2n) is 4.22. The zero-order valence-corrected chi connectivity index (χ0v) is 12.1. The molecular formula is C14H10Cl2F3NO.